The van der Waals surface area contributed by atoms with Gasteiger partial charge in [-0.05, 0) is 19.3 Å². The lowest BCUT2D eigenvalue weighted by Gasteiger charge is -2.25. The van der Waals surface area contributed by atoms with Gasteiger partial charge in [0.2, 0.25) is 0 Å². The highest BCUT2D eigenvalue weighted by atomic mass is 16.5. The quantitative estimate of drug-likeness (QED) is 0.558. The summed E-state index contributed by atoms with van der Waals surface area (Å²) in [4.78, 5) is 24.0. The number of nitrogens with one attached hydrogen (secondary N) is 1. The van der Waals surface area contributed by atoms with E-state index in [2.05, 4.69) is 5.32 Å². The normalized spacial score (nSPS) is 23.8. The Morgan fingerprint density at radius 2 is 2.28 bits per heavy atom. The lowest BCUT2D eigenvalue weighted by molar-refractivity contribution is -0.105. The fourth-order valence-electron chi connectivity index (χ4n) is 1.81. The third kappa shape index (κ3) is 3.54. The molecule has 0 spiro atoms. The van der Waals surface area contributed by atoms with Crippen molar-refractivity contribution in [3.8, 4) is 0 Å². The molecule has 1 saturated heterocycles. The van der Waals surface area contributed by atoms with Gasteiger partial charge in [-0.15, -0.1) is 0 Å². The summed E-state index contributed by atoms with van der Waals surface area (Å²) in [5.41, 5.74) is 0.523. The van der Waals surface area contributed by atoms with Gasteiger partial charge in [-0.1, -0.05) is 6.92 Å². The van der Waals surface area contributed by atoms with Crippen molar-refractivity contribution in [3.63, 3.8) is 0 Å². The van der Waals surface area contributed by atoms with Crippen LogP contribution in [0.1, 0.15) is 26.2 Å². The Kier molecular flexibility index (Phi) is 5.80. The van der Waals surface area contributed by atoms with Crippen molar-refractivity contribution in [3.05, 3.63) is 11.8 Å². The van der Waals surface area contributed by atoms with E-state index in [1.807, 2.05) is 6.92 Å². The van der Waals surface area contributed by atoms with Gasteiger partial charge in [0.1, 0.15) is 12.5 Å². The fraction of sp³-hybridized carbons (Fsp3) is 0.667. The van der Waals surface area contributed by atoms with Gasteiger partial charge < -0.3 is 15.2 Å². The summed E-state index contributed by atoms with van der Waals surface area (Å²) < 4.78 is 5.54. The maximum absolute atomic E-state index is 11.8. The maximum Gasteiger partial charge on any atom is 0.323 e. The summed E-state index contributed by atoms with van der Waals surface area (Å²) in [6, 6.07) is -0.327. The Morgan fingerprint density at radius 3 is 2.72 bits per heavy atom. The third-order valence-electron chi connectivity index (χ3n) is 2.91. The van der Waals surface area contributed by atoms with Crippen LogP contribution >= 0.6 is 0 Å². The topological polar surface area (TPSA) is 78.9 Å². The number of ether oxygens (including phenoxy) is 1. The Bertz CT molecular complexity index is 330. The number of carbonyl (C=O) groups excluding carboxylic acids is 2. The second-order valence-corrected chi connectivity index (χ2v) is 4.11. The van der Waals surface area contributed by atoms with Crippen LogP contribution in [0.5, 0.6) is 0 Å². The fourth-order valence-corrected chi connectivity index (χ4v) is 1.81. The molecular weight excluding hydrogens is 236 g/mol. The molecule has 2 unspecified atom stereocenters. The minimum atomic E-state index is -0.427. The van der Waals surface area contributed by atoms with E-state index in [0.717, 1.165) is 6.29 Å². The third-order valence-corrected chi connectivity index (χ3v) is 2.91. The van der Waals surface area contributed by atoms with Gasteiger partial charge in [-0.25, -0.2) is 4.79 Å². The number of urea groups is 1. The van der Waals surface area contributed by atoms with Crippen LogP contribution in [0.4, 0.5) is 4.79 Å². The molecule has 1 fully saturated rings. The molecule has 1 aliphatic heterocycles. The summed E-state index contributed by atoms with van der Waals surface area (Å²) in [6.07, 6.45) is 3.47. The van der Waals surface area contributed by atoms with Gasteiger partial charge in [0.15, 0.2) is 0 Å². The minimum absolute atomic E-state index is 0.0594. The van der Waals surface area contributed by atoms with E-state index in [1.165, 1.54) is 18.1 Å². The van der Waals surface area contributed by atoms with E-state index in [1.54, 1.807) is 0 Å². The lowest BCUT2D eigenvalue weighted by Crippen LogP contribution is -2.42. The maximum atomic E-state index is 11.8. The number of allylic oxidation sites excluding steroid dienone is 1. The van der Waals surface area contributed by atoms with Gasteiger partial charge in [-0.2, -0.15) is 0 Å². The van der Waals surface area contributed by atoms with Crippen LogP contribution < -0.4 is 5.32 Å². The molecule has 2 amide bonds. The van der Waals surface area contributed by atoms with E-state index < -0.39 is 6.23 Å². The van der Waals surface area contributed by atoms with Crippen molar-refractivity contribution >= 4 is 12.3 Å². The number of carbonyl (C=O) groups is 2. The molecule has 0 aromatic carbocycles. The van der Waals surface area contributed by atoms with Crippen molar-refractivity contribution < 1.29 is 19.4 Å². The van der Waals surface area contributed by atoms with Gasteiger partial charge >= 0.3 is 6.03 Å². The zero-order valence-corrected chi connectivity index (χ0v) is 10.8. The summed E-state index contributed by atoms with van der Waals surface area (Å²) >= 11 is 0. The predicted molar refractivity (Wildman–Crippen MR) is 65.7 cm³/mol. The van der Waals surface area contributed by atoms with Crippen LogP contribution in [0.25, 0.3) is 0 Å². The van der Waals surface area contributed by atoms with Gasteiger partial charge in [0.25, 0.3) is 0 Å². The highest BCUT2D eigenvalue weighted by Crippen LogP contribution is 2.23. The van der Waals surface area contributed by atoms with Crippen LogP contribution in [-0.4, -0.2) is 48.3 Å². The first kappa shape index (κ1) is 14.7. The van der Waals surface area contributed by atoms with Crippen molar-refractivity contribution in [2.45, 2.75) is 38.5 Å². The van der Waals surface area contributed by atoms with E-state index >= 15 is 0 Å². The van der Waals surface area contributed by atoms with Crippen molar-refractivity contribution in [2.24, 2.45) is 0 Å². The molecule has 1 aliphatic rings. The highest BCUT2D eigenvalue weighted by Gasteiger charge is 2.31. The van der Waals surface area contributed by atoms with Crippen molar-refractivity contribution in [2.75, 3.05) is 13.7 Å². The number of aliphatic hydroxyl groups is 1. The smallest absolute Gasteiger partial charge is 0.323 e. The Balaban J connectivity index is 2.82. The number of aliphatic hydroxyl groups excluding tert-OH is 1. The van der Waals surface area contributed by atoms with Crippen molar-refractivity contribution in [1.29, 1.82) is 0 Å². The molecule has 6 heteroatoms. The molecule has 6 nitrogen and oxygen atoms in total. The zero-order chi connectivity index (χ0) is 13.5. The number of nitrogens with zero attached hydrogens (tertiary/aromatic N) is 1. The molecule has 0 aromatic heterocycles. The van der Waals surface area contributed by atoms with Crippen LogP contribution in [0, 0.1) is 0 Å². The molecule has 2 atom stereocenters. The summed E-state index contributed by atoms with van der Waals surface area (Å²) in [7, 11) is 1.52. The van der Waals surface area contributed by atoms with Crippen LogP contribution in [0.3, 0.4) is 0 Å². The Labute approximate surface area is 107 Å². The molecule has 2 N–H and O–H groups in total. The molecule has 0 aromatic rings. The van der Waals surface area contributed by atoms with Crippen molar-refractivity contribution in [1.82, 2.24) is 10.2 Å². The first-order valence-electron chi connectivity index (χ1n) is 6.08. The zero-order valence-electron chi connectivity index (χ0n) is 10.8. The first-order chi connectivity index (χ1) is 8.65. The molecule has 0 bridgehead atoms. The van der Waals surface area contributed by atoms with E-state index in [-0.39, 0.29) is 18.7 Å². The van der Waals surface area contributed by atoms with E-state index in [0.29, 0.717) is 24.8 Å². The molecular formula is C12H20N2O4. The second kappa shape index (κ2) is 7.13. The molecule has 18 heavy (non-hydrogen) atoms. The Morgan fingerprint density at radius 1 is 1.56 bits per heavy atom. The van der Waals surface area contributed by atoms with Crippen LogP contribution in [-0.2, 0) is 9.53 Å². The average molecular weight is 256 g/mol. The number of amides is 2. The Hall–Kier alpha value is -1.40. The number of hydrogen-bond acceptors (Lipinski definition) is 4. The monoisotopic (exact) mass is 256 g/mol. The largest absolute Gasteiger partial charge is 0.394 e. The molecule has 1 rings (SSSR count). The first-order valence-corrected chi connectivity index (χ1v) is 6.08. The SMILES string of the molecule is CC/C(C=O)=C/N(C(=O)NC)C1CCC(CO)O1. The lowest BCUT2D eigenvalue weighted by atomic mass is 10.2. The van der Waals surface area contributed by atoms with Crippen LogP contribution in [0.15, 0.2) is 11.8 Å². The standard InChI is InChI=1S/C12H20N2O4/c1-3-9(7-15)6-14(12(17)13-2)11-5-4-10(8-16)18-11/h6-7,10-11,16H,3-5,8H2,1-2H3,(H,13,17)/b9-6-. The second-order valence-electron chi connectivity index (χ2n) is 4.11. The molecule has 102 valence electrons. The number of aldehydes is 1. The summed E-state index contributed by atoms with van der Waals surface area (Å²) in [6.45, 7) is 1.78. The minimum Gasteiger partial charge on any atom is -0.394 e. The van der Waals surface area contributed by atoms with Crippen LogP contribution in [0.2, 0.25) is 0 Å². The summed E-state index contributed by atoms with van der Waals surface area (Å²) in [5.74, 6) is 0. The molecule has 1 heterocycles. The van der Waals surface area contributed by atoms with Gasteiger partial charge in [0.05, 0.1) is 12.7 Å². The number of rotatable bonds is 5. The molecule has 0 saturated carbocycles. The molecule has 0 aliphatic carbocycles. The predicted octanol–water partition coefficient (Wildman–Crippen LogP) is 0.618. The highest BCUT2D eigenvalue weighted by molar-refractivity contribution is 5.78. The average Bonchev–Trinajstić information content (AvgIpc) is 2.88. The number of hydrogen-bond donors (Lipinski definition) is 2. The van der Waals surface area contributed by atoms with E-state index in [9.17, 15) is 9.59 Å². The van der Waals surface area contributed by atoms with E-state index in [4.69, 9.17) is 9.84 Å². The van der Waals surface area contributed by atoms with Gasteiger partial charge in [0, 0.05) is 18.8 Å². The molecule has 0 radical (unpaired) electrons. The van der Waals surface area contributed by atoms with Gasteiger partial charge in [-0.3, -0.25) is 9.69 Å². The summed E-state index contributed by atoms with van der Waals surface area (Å²) in [5, 5.41) is 11.5.